The summed E-state index contributed by atoms with van der Waals surface area (Å²) < 4.78 is 1.51. The van der Waals surface area contributed by atoms with E-state index in [-0.39, 0.29) is 5.56 Å². The molecule has 3 heterocycles. The van der Waals surface area contributed by atoms with Gasteiger partial charge in [0.2, 0.25) is 0 Å². The van der Waals surface area contributed by atoms with Crippen LogP contribution in [0.5, 0.6) is 0 Å². The van der Waals surface area contributed by atoms with Crippen molar-refractivity contribution in [1.82, 2.24) is 14.8 Å². The lowest BCUT2D eigenvalue weighted by Crippen LogP contribution is -2.27. The highest BCUT2D eigenvalue weighted by Gasteiger charge is 2.12. The summed E-state index contributed by atoms with van der Waals surface area (Å²) in [6.07, 6.45) is 3.78. The summed E-state index contributed by atoms with van der Waals surface area (Å²) in [5.74, 6) is 0. The lowest BCUT2D eigenvalue weighted by molar-refractivity contribution is 0.612. The van der Waals surface area contributed by atoms with Crippen molar-refractivity contribution in [2.24, 2.45) is 0 Å². The molecular weight excluding hydrogens is 236 g/mol. The third-order valence-corrected chi connectivity index (χ3v) is 3.53. The zero-order chi connectivity index (χ0) is 11.7. The van der Waals surface area contributed by atoms with Gasteiger partial charge in [-0.1, -0.05) is 0 Å². The molecule has 17 heavy (non-hydrogen) atoms. The molecule has 2 aromatic heterocycles. The average molecular weight is 248 g/mol. The maximum absolute atomic E-state index is 11.9. The fourth-order valence-corrected chi connectivity index (χ4v) is 2.50. The van der Waals surface area contributed by atoms with Gasteiger partial charge in [0.05, 0.1) is 23.4 Å². The van der Waals surface area contributed by atoms with Crippen LogP contribution < -0.4 is 10.9 Å². The molecule has 6 heteroatoms. The highest BCUT2D eigenvalue weighted by atomic mass is 32.1. The first-order valence-corrected chi connectivity index (χ1v) is 6.43. The summed E-state index contributed by atoms with van der Waals surface area (Å²) in [6.45, 7) is 1.43. The van der Waals surface area contributed by atoms with Gasteiger partial charge in [-0.25, -0.2) is 4.68 Å². The Balaban J connectivity index is 1.97. The van der Waals surface area contributed by atoms with Crippen LogP contribution in [0.25, 0.3) is 0 Å². The molecule has 1 N–H and O–H groups in total. The van der Waals surface area contributed by atoms with Gasteiger partial charge in [-0.3, -0.25) is 9.78 Å². The summed E-state index contributed by atoms with van der Waals surface area (Å²) in [6, 6.07) is 1.64. The second-order valence-corrected chi connectivity index (χ2v) is 4.97. The third-order valence-electron chi connectivity index (χ3n) is 2.77. The van der Waals surface area contributed by atoms with Gasteiger partial charge < -0.3 is 5.32 Å². The van der Waals surface area contributed by atoms with Crippen LogP contribution in [0, 0.1) is 0 Å². The van der Waals surface area contributed by atoms with Crippen molar-refractivity contribution in [2.75, 3.05) is 11.9 Å². The summed E-state index contributed by atoms with van der Waals surface area (Å²) in [4.78, 5) is 16.9. The van der Waals surface area contributed by atoms with Gasteiger partial charge in [-0.15, -0.1) is 11.3 Å². The molecule has 1 aliphatic heterocycles. The topological polar surface area (TPSA) is 59.8 Å². The second-order valence-electron chi connectivity index (χ2n) is 4.00. The molecule has 5 nitrogen and oxygen atoms in total. The van der Waals surface area contributed by atoms with Gasteiger partial charge in [0.1, 0.15) is 0 Å². The van der Waals surface area contributed by atoms with Gasteiger partial charge in [0.15, 0.2) is 0 Å². The van der Waals surface area contributed by atoms with E-state index in [2.05, 4.69) is 15.4 Å². The normalized spacial score (nSPS) is 14.1. The number of anilines is 1. The molecule has 0 amide bonds. The van der Waals surface area contributed by atoms with Crippen LogP contribution in [0.3, 0.4) is 0 Å². The maximum atomic E-state index is 11.9. The molecule has 2 aromatic rings. The average Bonchev–Trinajstić information content (AvgIpc) is 2.83. The van der Waals surface area contributed by atoms with Crippen LogP contribution in [0.4, 0.5) is 5.69 Å². The lowest BCUT2D eigenvalue weighted by atomic mass is 10.1. The van der Waals surface area contributed by atoms with Gasteiger partial charge in [-0.05, 0) is 12.8 Å². The van der Waals surface area contributed by atoms with E-state index in [1.54, 1.807) is 17.8 Å². The van der Waals surface area contributed by atoms with Gasteiger partial charge in [-0.2, -0.15) is 5.10 Å². The van der Waals surface area contributed by atoms with Crippen molar-refractivity contribution in [2.45, 2.75) is 19.4 Å². The summed E-state index contributed by atoms with van der Waals surface area (Å²) in [5.41, 5.74) is 3.58. The first kappa shape index (κ1) is 10.5. The SMILES string of the molecule is O=c1cc2c(nn1Cc1cncs1)CCCN2. The first-order valence-electron chi connectivity index (χ1n) is 5.55. The summed E-state index contributed by atoms with van der Waals surface area (Å²) >= 11 is 1.54. The van der Waals surface area contributed by atoms with E-state index in [9.17, 15) is 4.79 Å². The fourth-order valence-electron chi connectivity index (χ4n) is 1.93. The van der Waals surface area contributed by atoms with E-state index in [0.717, 1.165) is 35.6 Å². The molecule has 88 valence electrons. The minimum Gasteiger partial charge on any atom is -0.383 e. The number of aryl methyl sites for hydroxylation is 1. The molecular formula is C11H12N4OS. The largest absolute Gasteiger partial charge is 0.383 e. The first-order chi connectivity index (χ1) is 8.33. The molecule has 0 fully saturated rings. The van der Waals surface area contributed by atoms with Crippen molar-refractivity contribution >= 4 is 17.0 Å². The molecule has 3 rings (SSSR count). The number of hydrogen-bond donors (Lipinski definition) is 1. The number of aromatic nitrogens is 3. The molecule has 0 saturated carbocycles. The maximum Gasteiger partial charge on any atom is 0.269 e. The Hall–Kier alpha value is -1.69. The Morgan fingerprint density at radius 2 is 2.47 bits per heavy atom. The second kappa shape index (κ2) is 4.29. The van der Waals surface area contributed by atoms with E-state index >= 15 is 0 Å². The Bertz CT molecular complexity index is 576. The van der Waals surface area contributed by atoms with E-state index in [1.807, 2.05) is 0 Å². The highest BCUT2D eigenvalue weighted by molar-refractivity contribution is 7.09. The predicted octanol–water partition coefficient (Wildman–Crippen LogP) is 1.11. The van der Waals surface area contributed by atoms with Crippen LogP contribution in [-0.4, -0.2) is 21.3 Å². The number of hydrogen-bond acceptors (Lipinski definition) is 5. The van der Waals surface area contributed by atoms with Gasteiger partial charge in [0, 0.05) is 23.7 Å². The minimum absolute atomic E-state index is 0.0634. The van der Waals surface area contributed by atoms with E-state index in [0.29, 0.717) is 6.54 Å². The molecule has 0 aliphatic carbocycles. The molecule has 0 radical (unpaired) electrons. The van der Waals surface area contributed by atoms with Crippen molar-refractivity contribution in [3.8, 4) is 0 Å². The van der Waals surface area contributed by atoms with E-state index in [1.165, 1.54) is 16.0 Å². The van der Waals surface area contributed by atoms with Crippen molar-refractivity contribution in [3.63, 3.8) is 0 Å². The molecule has 0 atom stereocenters. The Morgan fingerprint density at radius 1 is 1.53 bits per heavy atom. The van der Waals surface area contributed by atoms with Gasteiger partial charge >= 0.3 is 0 Å². The zero-order valence-corrected chi connectivity index (χ0v) is 10.0. The standard InChI is InChI=1S/C11H12N4OS/c16-11-4-10-9(2-1-3-13-10)14-15(11)6-8-5-12-7-17-8/h4-5,7,13H,1-3,6H2. The van der Waals surface area contributed by atoms with Crippen molar-refractivity contribution < 1.29 is 0 Å². The predicted molar refractivity (Wildman–Crippen MR) is 66.5 cm³/mol. The Morgan fingerprint density at radius 3 is 3.29 bits per heavy atom. The minimum atomic E-state index is -0.0634. The summed E-state index contributed by atoms with van der Waals surface area (Å²) in [7, 11) is 0. The zero-order valence-electron chi connectivity index (χ0n) is 9.22. The number of rotatable bonds is 2. The van der Waals surface area contributed by atoms with Crippen LogP contribution in [-0.2, 0) is 13.0 Å². The quantitative estimate of drug-likeness (QED) is 0.864. The Labute approximate surface area is 102 Å². The smallest absolute Gasteiger partial charge is 0.269 e. The monoisotopic (exact) mass is 248 g/mol. The molecule has 0 aromatic carbocycles. The van der Waals surface area contributed by atoms with Gasteiger partial charge in [0.25, 0.3) is 5.56 Å². The van der Waals surface area contributed by atoms with E-state index in [4.69, 9.17) is 0 Å². The van der Waals surface area contributed by atoms with Crippen LogP contribution in [0.1, 0.15) is 17.0 Å². The summed E-state index contributed by atoms with van der Waals surface area (Å²) in [5, 5.41) is 7.61. The number of thiazole rings is 1. The molecule has 1 aliphatic rings. The molecule has 0 unspecified atom stereocenters. The van der Waals surface area contributed by atoms with Crippen LogP contribution >= 0.6 is 11.3 Å². The van der Waals surface area contributed by atoms with Crippen LogP contribution in [0.2, 0.25) is 0 Å². The molecule has 0 saturated heterocycles. The lowest BCUT2D eigenvalue weighted by Gasteiger charge is -2.17. The number of nitrogens with one attached hydrogen (secondary N) is 1. The van der Waals surface area contributed by atoms with Crippen molar-refractivity contribution in [3.05, 3.63) is 38.7 Å². The van der Waals surface area contributed by atoms with Crippen LogP contribution in [0.15, 0.2) is 22.6 Å². The molecule has 0 bridgehead atoms. The fraction of sp³-hybridized carbons (Fsp3) is 0.364. The van der Waals surface area contributed by atoms with E-state index < -0.39 is 0 Å². The number of nitrogens with zero attached hydrogens (tertiary/aromatic N) is 3. The highest BCUT2D eigenvalue weighted by Crippen LogP contribution is 2.17. The third kappa shape index (κ3) is 2.08. The number of fused-ring (bicyclic) bond motifs is 1. The Kier molecular flexibility index (Phi) is 2.64. The van der Waals surface area contributed by atoms with Crippen molar-refractivity contribution in [1.29, 1.82) is 0 Å². The molecule has 0 spiro atoms.